The highest BCUT2D eigenvalue weighted by Crippen LogP contribution is 2.72. The fourth-order valence-electron chi connectivity index (χ4n) is 5.41. The first-order valence-electron chi connectivity index (χ1n) is 8.06. The van der Waals surface area contributed by atoms with E-state index in [1.165, 1.54) is 6.92 Å². The van der Waals surface area contributed by atoms with E-state index >= 15 is 0 Å². The lowest BCUT2D eigenvalue weighted by atomic mass is 9.50. The molecule has 4 rings (SSSR count). The van der Waals surface area contributed by atoms with Gasteiger partial charge in [0, 0.05) is 11.3 Å². The average molecular weight is 322 g/mol. The van der Waals surface area contributed by atoms with E-state index in [-0.39, 0.29) is 23.6 Å². The van der Waals surface area contributed by atoms with Gasteiger partial charge < -0.3 is 19.7 Å². The summed E-state index contributed by atoms with van der Waals surface area (Å²) in [6.45, 7) is 5.13. The second kappa shape index (κ2) is 4.30. The molecule has 2 aliphatic heterocycles. The monoisotopic (exact) mass is 322 g/mol. The summed E-state index contributed by atoms with van der Waals surface area (Å²) in [4.78, 5) is 24.5. The highest BCUT2D eigenvalue weighted by atomic mass is 16.6. The average Bonchev–Trinajstić information content (AvgIpc) is 3.26. The van der Waals surface area contributed by atoms with Crippen molar-refractivity contribution >= 4 is 11.6 Å². The number of hydrogen-bond acceptors (Lipinski definition) is 6. The van der Waals surface area contributed by atoms with Crippen molar-refractivity contribution < 1.29 is 29.3 Å². The van der Waals surface area contributed by atoms with Crippen LogP contribution >= 0.6 is 0 Å². The van der Waals surface area contributed by atoms with E-state index in [0.29, 0.717) is 18.6 Å². The van der Waals surface area contributed by atoms with Crippen LogP contribution in [0.3, 0.4) is 0 Å². The number of carbonyl (C=O) groups is 2. The maximum absolute atomic E-state index is 12.4. The minimum atomic E-state index is -1.36. The van der Waals surface area contributed by atoms with Crippen LogP contribution < -0.4 is 0 Å². The molecule has 3 fully saturated rings. The Balaban J connectivity index is 1.93. The summed E-state index contributed by atoms with van der Waals surface area (Å²) >= 11 is 0. The van der Waals surface area contributed by atoms with Crippen LogP contribution in [0.2, 0.25) is 0 Å². The first kappa shape index (κ1) is 15.4. The number of epoxide rings is 1. The molecule has 1 saturated carbocycles. The molecule has 0 aromatic heterocycles. The molecule has 1 spiro atoms. The van der Waals surface area contributed by atoms with Crippen LogP contribution in [-0.2, 0) is 19.1 Å². The molecule has 4 aliphatic rings. The maximum Gasteiger partial charge on any atom is 0.187 e. The van der Waals surface area contributed by atoms with Crippen molar-refractivity contribution in [3.63, 3.8) is 0 Å². The standard InChI is InChI=1S/C17H22O6/c1-8-4-11-16(6-18,13(21)12(8)20)15(3)5-10(9(2)19)14(23-11)17(15)7-22-17/h4,10-11,13-14,18,21H,5-7H2,1-3H3/t10?,11?,13?,14?,15-,16-,17?/m0/s1. The zero-order valence-corrected chi connectivity index (χ0v) is 13.5. The summed E-state index contributed by atoms with van der Waals surface area (Å²) in [5.74, 6) is -0.713. The van der Waals surface area contributed by atoms with Crippen LogP contribution in [0.5, 0.6) is 0 Å². The molecule has 23 heavy (non-hydrogen) atoms. The third-order valence-corrected chi connectivity index (χ3v) is 6.98. The third kappa shape index (κ3) is 1.45. The van der Waals surface area contributed by atoms with Gasteiger partial charge >= 0.3 is 0 Å². The molecule has 2 bridgehead atoms. The largest absolute Gasteiger partial charge is 0.396 e. The number of carbonyl (C=O) groups excluding carboxylic acids is 2. The van der Waals surface area contributed by atoms with Gasteiger partial charge in [0.25, 0.3) is 0 Å². The van der Waals surface area contributed by atoms with Gasteiger partial charge in [-0.1, -0.05) is 6.92 Å². The molecule has 5 unspecified atom stereocenters. The number of rotatable bonds is 2. The third-order valence-electron chi connectivity index (χ3n) is 6.98. The van der Waals surface area contributed by atoms with E-state index in [1.807, 2.05) is 6.92 Å². The van der Waals surface area contributed by atoms with Crippen molar-refractivity contribution in [3.05, 3.63) is 11.6 Å². The molecule has 2 saturated heterocycles. The van der Waals surface area contributed by atoms with Crippen LogP contribution in [0.1, 0.15) is 27.2 Å². The Morgan fingerprint density at radius 1 is 1.48 bits per heavy atom. The van der Waals surface area contributed by atoms with E-state index in [0.717, 1.165) is 0 Å². The number of ketones is 2. The number of Topliss-reactive ketones (excluding diaryl/α,β-unsaturated/α-hetero) is 2. The first-order chi connectivity index (χ1) is 10.7. The van der Waals surface area contributed by atoms with Gasteiger partial charge in [0.1, 0.15) is 17.5 Å². The number of aliphatic hydroxyl groups is 2. The van der Waals surface area contributed by atoms with Crippen molar-refractivity contribution in [3.8, 4) is 0 Å². The summed E-state index contributed by atoms with van der Waals surface area (Å²) in [6.07, 6.45) is -0.219. The maximum atomic E-state index is 12.4. The summed E-state index contributed by atoms with van der Waals surface area (Å²) in [5.41, 5.74) is -2.14. The highest BCUT2D eigenvalue weighted by Gasteiger charge is 2.83. The van der Waals surface area contributed by atoms with Crippen LogP contribution in [0, 0.1) is 16.7 Å². The topological polar surface area (TPSA) is 96.4 Å². The molecular weight excluding hydrogens is 300 g/mol. The minimum Gasteiger partial charge on any atom is -0.396 e. The second-order valence-corrected chi connectivity index (χ2v) is 7.72. The normalized spacial score (nSPS) is 54.0. The van der Waals surface area contributed by atoms with E-state index in [9.17, 15) is 19.8 Å². The fraction of sp³-hybridized carbons (Fsp3) is 0.765. The van der Waals surface area contributed by atoms with Gasteiger partial charge in [0.2, 0.25) is 0 Å². The number of fused-ring (bicyclic) bond motifs is 2. The highest BCUT2D eigenvalue weighted by molar-refractivity contribution is 6.00. The Labute approximate surface area is 134 Å². The van der Waals surface area contributed by atoms with Crippen LogP contribution in [0.15, 0.2) is 11.6 Å². The molecule has 0 radical (unpaired) electrons. The predicted molar refractivity (Wildman–Crippen MR) is 78.5 cm³/mol. The van der Waals surface area contributed by atoms with Gasteiger partial charge in [-0.15, -0.1) is 0 Å². The van der Waals surface area contributed by atoms with Crippen molar-refractivity contribution in [2.45, 2.75) is 51.1 Å². The van der Waals surface area contributed by atoms with E-state index in [2.05, 4.69) is 0 Å². The summed E-state index contributed by atoms with van der Waals surface area (Å²) in [7, 11) is 0. The van der Waals surface area contributed by atoms with Crippen LogP contribution in [0.4, 0.5) is 0 Å². The molecule has 2 N–H and O–H groups in total. The van der Waals surface area contributed by atoms with Crippen molar-refractivity contribution in [1.82, 2.24) is 0 Å². The van der Waals surface area contributed by atoms with Crippen LogP contribution in [0.25, 0.3) is 0 Å². The van der Waals surface area contributed by atoms with Gasteiger partial charge in [0.05, 0.1) is 30.8 Å². The molecule has 0 amide bonds. The number of ether oxygens (including phenoxy) is 2. The molecule has 7 atom stereocenters. The molecule has 2 aliphatic carbocycles. The van der Waals surface area contributed by atoms with Gasteiger partial charge in [-0.2, -0.15) is 0 Å². The minimum absolute atomic E-state index is 0.0156. The number of hydrogen-bond donors (Lipinski definition) is 2. The SMILES string of the molecule is CC(=O)C1C[C@]2(C)C3(CO3)C1OC1C=C(C)C(=O)C(O)[C@]12CO. The molecule has 6 nitrogen and oxygen atoms in total. The van der Waals surface area contributed by atoms with Crippen molar-refractivity contribution in [2.75, 3.05) is 13.2 Å². The summed E-state index contributed by atoms with van der Waals surface area (Å²) in [5, 5.41) is 21.1. The number of aliphatic hydroxyl groups excluding tert-OH is 2. The smallest absolute Gasteiger partial charge is 0.187 e. The van der Waals surface area contributed by atoms with Gasteiger partial charge in [0.15, 0.2) is 5.78 Å². The summed E-state index contributed by atoms with van der Waals surface area (Å²) in [6, 6.07) is 0. The lowest BCUT2D eigenvalue weighted by Gasteiger charge is -2.58. The van der Waals surface area contributed by atoms with Gasteiger partial charge in [-0.25, -0.2) is 0 Å². The van der Waals surface area contributed by atoms with Gasteiger partial charge in [-0.05, 0) is 31.9 Å². The molecular formula is C17H22O6. The second-order valence-electron chi connectivity index (χ2n) is 7.72. The molecule has 6 heteroatoms. The molecule has 0 aromatic carbocycles. The molecule has 0 aromatic rings. The molecule has 126 valence electrons. The fourth-order valence-corrected chi connectivity index (χ4v) is 5.41. The van der Waals surface area contributed by atoms with E-state index in [1.54, 1.807) is 13.0 Å². The zero-order chi connectivity index (χ0) is 16.8. The lowest BCUT2D eigenvalue weighted by Crippen LogP contribution is -2.70. The van der Waals surface area contributed by atoms with Crippen LogP contribution in [-0.4, -0.2) is 58.9 Å². The Morgan fingerprint density at radius 2 is 2.13 bits per heavy atom. The van der Waals surface area contributed by atoms with Crippen molar-refractivity contribution in [1.29, 1.82) is 0 Å². The zero-order valence-electron chi connectivity index (χ0n) is 13.5. The lowest BCUT2D eigenvalue weighted by molar-refractivity contribution is -0.242. The Bertz CT molecular complexity index is 635. The van der Waals surface area contributed by atoms with E-state index in [4.69, 9.17) is 9.47 Å². The predicted octanol–water partition coefficient (Wildman–Crippen LogP) is 0.00660. The summed E-state index contributed by atoms with van der Waals surface area (Å²) < 4.78 is 11.9. The Hall–Kier alpha value is -1.08. The quantitative estimate of drug-likeness (QED) is 0.695. The van der Waals surface area contributed by atoms with Crippen molar-refractivity contribution in [2.24, 2.45) is 16.7 Å². The van der Waals surface area contributed by atoms with Gasteiger partial charge in [-0.3, -0.25) is 9.59 Å². The first-order valence-corrected chi connectivity index (χ1v) is 8.06. The van der Waals surface area contributed by atoms with E-state index < -0.39 is 35.2 Å². The molecule has 2 heterocycles. The Kier molecular flexibility index (Phi) is 2.89. The Morgan fingerprint density at radius 3 is 2.65 bits per heavy atom.